The molecule has 9 heteroatoms. The van der Waals surface area contributed by atoms with Crippen LogP contribution in [0.2, 0.25) is 0 Å². The lowest BCUT2D eigenvalue weighted by atomic mass is 10.1. The summed E-state index contributed by atoms with van der Waals surface area (Å²) in [5.74, 6) is -0.575. The number of nitrogens with zero attached hydrogens (tertiary/aromatic N) is 4. The molecule has 0 saturated carbocycles. The summed E-state index contributed by atoms with van der Waals surface area (Å²) in [6, 6.07) is 22.8. The topological polar surface area (TPSA) is 107 Å². The van der Waals surface area contributed by atoms with Crippen LogP contribution in [0.25, 0.3) is 0 Å². The van der Waals surface area contributed by atoms with Crippen molar-refractivity contribution in [3.63, 3.8) is 0 Å². The fourth-order valence-electron chi connectivity index (χ4n) is 3.88. The third kappa shape index (κ3) is 9.41. The second-order valence-electron chi connectivity index (χ2n) is 8.94. The number of hydrogen-bond acceptors (Lipinski definition) is 8. The highest BCUT2D eigenvalue weighted by Crippen LogP contribution is 2.13. The zero-order chi connectivity index (χ0) is 27.3. The lowest BCUT2D eigenvalue weighted by Gasteiger charge is -2.21. The van der Waals surface area contributed by atoms with Gasteiger partial charge in [-0.1, -0.05) is 30.3 Å². The highest BCUT2D eigenvalue weighted by atomic mass is 16.5. The molecular weight excluding hydrogens is 494 g/mol. The number of nitrogens with one attached hydrogen (secondary N) is 1. The van der Waals surface area contributed by atoms with E-state index in [2.05, 4.69) is 29.9 Å². The normalized spacial score (nSPS) is 10.8. The quantitative estimate of drug-likeness (QED) is 0.262. The Labute approximate surface area is 227 Å². The van der Waals surface area contributed by atoms with Crippen molar-refractivity contribution in [3.8, 4) is 0 Å². The molecule has 4 aromatic rings. The van der Waals surface area contributed by atoms with Crippen LogP contribution >= 0.6 is 0 Å². The molecule has 0 atom stereocenters. The predicted octanol–water partition coefficient (Wildman–Crippen LogP) is 3.94. The second kappa shape index (κ2) is 14.5. The van der Waals surface area contributed by atoms with Crippen LogP contribution in [0.3, 0.4) is 0 Å². The largest absolute Gasteiger partial charge is 0.469 e. The Bertz CT molecular complexity index is 1280. The average molecular weight is 526 g/mol. The number of hydrogen-bond donors (Lipinski definition) is 1. The van der Waals surface area contributed by atoms with Gasteiger partial charge in [0, 0.05) is 43.9 Å². The van der Waals surface area contributed by atoms with Crippen LogP contribution in [0, 0.1) is 0 Å². The number of pyridine rings is 3. The van der Waals surface area contributed by atoms with Gasteiger partial charge < -0.3 is 14.8 Å². The van der Waals surface area contributed by atoms with Crippen molar-refractivity contribution >= 4 is 17.6 Å². The van der Waals surface area contributed by atoms with Crippen molar-refractivity contribution in [2.45, 2.75) is 32.7 Å². The Morgan fingerprint density at radius 1 is 0.769 bits per heavy atom. The Kier molecular flexibility index (Phi) is 10.2. The van der Waals surface area contributed by atoms with E-state index in [-0.39, 0.29) is 31.5 Å². The second-order valence-corrected chi connectivity index (χ2v) is 8.94. The van der Waals surface area contributed by atoms with Gasteiger partial charge in [0.25, 0.3) is 0 Å². The van der Waals surface area contributed by atoms with E-state index in [1.807, 2.05) is 48.5 Å². The highest BCUT2D eigenvalue weighted by Gasteiger charge is 2.11. The zero-order valence-corrected chi connectivity index (χ0v) is 21.8. The molecule has 0 bridgehead atoms. The van der Waals surface area contributed by atoms with Crippen LogP contribution < -0.4 is 5.32 Å². The molecule has 0 aliphatic heterocycles. The first kappa shape index (κ1) is 27.6. The minimum absolute atomic E-state index is 0.0897. The van der Waals surface area contributed by atoms with Gasteiger partial charge in [0.05, 0.1) is 37.2 Å². The summed E-state index contributed by atoms with van der Waals surface area (Å²) in [5.41, 5.74) is 5.19. The van der Waals surface area contributed by atoms with Crippen LogP contribution in [0.5, 0.6) is 0 Å². The van der Waals surface area contributed by atoms with E-state index in [1.165, 1.54) is 7.11 Å². The van der Waals surface area contributed by atoms with E-state index in [0.29, 0.717) is 25.3 Å². The third-order valence-electron chi connectivity index (χ3n) is 5.81. The van der Waals surface area contributed by atoms with Gasteiger partial charge in [-0.2, -0.15) is 0 Å². The van der Waals surface area contributed by atoms with Crippen molar-refractivity contribution < 1.29 is 19.1 Å². The van der Waals surface area contributed by atoms with Crippen LogP contribution in [0.15, 0.2) is 91.4 Å². The number of rotatable bonds is 13. The summed E-state index contributed by atoms with van der Waals surface area (Å²) in [4.78, 5) is 39.4. The molecule has 3 aromatic heterocycles. The Hall–Kier alpha value is -4.47. The van der Waals surface area contributed by atoms with Gasteiger partial charge in [0.2, 0.25) is 5.91 Å². The zero-order valence-electron chi connectivity index (χ0n) is 21.8. The maximum absolute atomic E-state index is 12.2. The molecular formula is C30H31N5O4. The van der Waals surface area contributed by atoms with Crippen LogP contribution in [0.1, 0.15) is 28.2 Å². The summed E-state index contributed by atoms with van der Waals surface area (Å²) < 4.78 is 10.2. The van der Waals surface area contributed by atoms with Gasteiger partial charge >= 0.3 is 5.97 Å². The summed E-state index contributed by atoms with van der Waals surface area (Å²) >= 11 is 0. The van der Waals surface area contributed by atoms with Gasteiger partial charge in [-0.05, 0) is 53.6 Å². The fraction of sp³-hybridized carbons (Fsp3) is 0.233. The van der Waals surface area contributed by atoms with E-state index in [4.69, 9.17) is 4.74 Å². The first-order chi connectivity index (χ1) is 19.1. The van der Waals surface area contributed by atoms with Crippen molar-refractivity contribution in [2.24, 2.45) is 0 Å². The number of amides is 1. The summed E-state index contributed by atoms with van der Waals surface area (Å²) in [5, 5.41) is 2.78. The molecule has 9 nitrogen and oxygen atoms in total. The summed E-state index contributed by atoms with van der Waals surface area (Å²) in [6.45, 7) is 2.16. The van der Waals surface area contributed by atoms with Crippen molar-refractivity contribution in [3.05, 3.63) is 120 Å². The van der Waals surface area contributed by atoms with Crippen molar-refractivity contribution in [2.75, 3.05) is 19.0 Å². The van der Waals surface area contributed by atoms with Crippen molar-refractivity contribution in [1.82, 2.24) is 19.9 Å². The van der Waals surface area contributed by atoms with Gasteiger partial charge in [0.15, 0.2) is 0 Å². The molecule has 0 radical (unpaired) electrons. The van der Waals surface area contributed by atoms with Crippen molar-refractivity contribution in [1.29, 1.82) is 0 Å². The number of carbonyl (C=O) groups is 2. The molecule has 0 fully saturated rings. The lowest BCUT2D eigenvalue weighted by Crippen LogP contribution is -2.24. The molecule has 39 heavy (non-hydrogen) atoms. The minimum atomic E-state index is -0.311. The molecule has 200 valence electrons. The smallest absolute Gasteiger partial charge is 0.309 e. The Morgan fingerprint density at radius 3 is 1.92 bits per heavy atom. The van der Waals surface area contributed by atoms with Crippen LogP contribution in [-0.4, -0.2) is 45.4 Å². The number of carbonyl (C=O) groups excluding carboxylic acids is 2. The maximum Gasteiger partial charge on any atom is 0.309 e. The minimum Gasteiger partial charge on any atom is -0.469 e. The van der Waals surface area contributed by atoms with E-state index in [0.717, 1.165) is 28.2 Å². The monoisotopic (exact) mass is 525 g/mol. The molecule has 1 amide bonds. The average Bonchev–Trinajstić information content (AvgIpc) is 2.96. The van der Waals surface area contributed by atoms with Crippen LogP contribution in [-0.2, 0) is 51.7 Å². The van der Waals surface area contributed by atoms with E-state index in [1.54, 1.807) is 42.9 Å². The molecule has 0 aliphatic carbocycles. The first-order valence-electron chi connectivity index (χ1n) is 12.6. The molecule has 0 spiro atoms. The Balaban J connectivity index is 1.25. The number of anilines is 1. The van der Waals surface area contributed by atoms with E-state index < -0.39 is 0 Å². The van der Waals surface area contributed by atoms with Gasteiger partial charge in [0.1, 0.15) is 6.61 Å². The highest BCUT2D eigenvalue weighted by molar-refractivity contribution is 5.91. The van der Waals surface area contributed by atoms with E-state index >= 15 is 0 Å². The van der Waals surface area contributed by atoms with Gasteiger partial charge in [-0.25, -0.2) is 0 Å². The fourth-order valence-corrected chi connectivity index (χ4v) is 3.88. The van der Waals surface area contributed by atoms with Crippen LogP contribution in [0.4, 0.5) is 5.69 Å². The standard InChI is InChI=1S/C30H31N5O4/c1-38-30(37)16-23-8-11-25(12-9-23)34-29(36)22-39-21-24-10-13-28(33-17-24)20-35(18-26-6-2-4-14-31-26)19-27-7-3-5-15-32-27/h2-15,17H,16,18-22H2,1H3,(H,34,36). The molecule has 1 aromatic carbocycles. The molecule has 0 saturated heterocycles. The molecule has 0 unspecified atom stereocenters. The number of aromatic nitrogens is 3. The molecule has 4 rings (SSSR count). The molecule has 1 N–H and O–H groups in total. The van der Waals surface area contributed by atoms with E-state index in [9.17, 15) is 9.59 Å². The number of benzene rings is 1. The first-order valence-corrected chi connectivity index (χ1v) is 12.6. The predicted molar refractivity (Wildman–Crippen MR) is 146 cm³/mol. The maximum atomic E-state index is 12.2. The number of esters is 1. The molecule has 0 aliphatic rings. The number of ether oxygens (including phenoxy) is 2. The Morgan fingerprint density at radius 2 is 1.38 bits per heavy atom. The van der Waals surface area contributed by atoms with Gasteiger partial charge in [-0.15, -0.1) is 0 Å². The summed E-state index contributed by atoms with van der Waals surface area (Å²) in [7, 11) is 1.35. The third-order valence-corrected chi connectivity index (χ3v) is 5.81. The number of methoxy groups -OCH3 is 1. The lowest BCUT2D eigenvalue weighted by molar-refractivity contribution is -0.139. The summed E-state index contributed by atoms with van der Waals surface area (Å²) in [6.07, 6.45) is 5.55. The van der Waals surface area contributed by atoms with Gasteiger partial charge in [-0.3, -0.25) is 29.4 Å². The SMILES string of the molecule is COC(=O)Cc1ccc(NC(=O)COCc2ccc(CN(Cc3ccccn3)Cc3ccccn3)nc2)cc1. The molecule has 3 heterocycles.